The van der Waals surface area contributed by atoms with Crippen LogP contribution >= 0.6 is 0 Å². The van der Waals surface area contributed by atoms with Gasteiger partial charge in [0.15, 0.2) is 5.78 Å². The van der Waals surface area contributed by atoms with Crippen LogP contribution in [-0.4, -0.2) is 28.0 Å². The maximum absolute atomic E-state index is 11.5. The lowest BCUT2D eigenvalue weighted by Crippen LogP contribution is -2.31. The van der Waals surface area contributed by atoms with Gasteiger partial charge in [-0.1, -0.05) is 13.8 Å². The topological polar surface area (TPSA) is 64.0 Å². The Labute approximate surface area is 88.5 Å². The van der Waals surface area contributed by atoms with Crippen LogP contribution < -0.4 is 5.32 Å². The monoisotopic (exact) mass is 209 g/mol. The fraction of sp³-hybridized carbons (Fsp3) is 0.500. The van der Waals surface area contributed by atoms with Crippen LogP contribution in [0.3, 0.4) is 0 Å². The van der Waals surface area contributed by atoms with Crippen molar-refractivity contribution < 1.29 is 9.59 Å². The number of nitrogens with zero attached hydrogens (tertiary/aromatic N) is 2. The first-order valence-corrected chi connectivity index (χ1v) is 4.80. The van der Waals surface area contributed by atoms with E-state index in [0.29, 0.717) is 5.56 Å². The molecule has 1 heterocycles. The number of nitrogens with one attached hydrogen (secondary N) is 1. The first-order valence-electron chi connectivity index (χ1n) is 4.80. The van der Waals surface area contributed by atoms with Gasteiger partial charge in [0.25, 0.3) is 5.91 Å². The highest BCUT2D eigenvalue weighted by atomic mass is 16.2. The van der Waals surface area contributed by atoms with Crippen LogP contribution in [-0.2, 0) is 11.8 Å². The van der Waals surface area contributed by atoms with E-state index >= 15 is 0 Å². The molecule has 0 spiro atoms. The van der Waals surface area contributed by atoms with Crippen molar-refractivity contribution in [1.29, 1.82) is 0 Å². The first-order chi connectivity index (χ1) is 7.00. The maximum atomic E-state index is 11.5. The lowest BCUT2D eigenvalue weighted by Gasteiger charge is -2.04. The van der Waals surface area contributed by atoms with Gasteiger partial charge in [-0.2, -0.15) is 5.10 Å². The predicted octanol–water partition coefficient (Wildman–Crippen LogP) is 0.375. The second kappa shape index (κ2) is 4.72. The Morgan fingerprint density at radius 3 is 2.67 bits per heavy atom. The Balaban J connectivity index is 2.47. The van der Waals surface area contributed by atoms with Crippen LogP contribution in [0.1, 0.15) is 24.2 Å². The smallest absolute Gasteiger partial charge is 0.254 e. The Morgan fingerprint density at radius 1 is 1.53 bits per heavy atom. The van der Waals surface area contributed by atoms with Gasteiger partial charge in [-0.3, -0.25) is 14.3 Å². The largest absolute Gasteiger partial charge is 0.345 e. The number of aromatic nitrogens is 2. The van der Waals surface area contributed by atoms with Gasteiger partial charge in [0.05, 0.1) is 18.3 Å². The van der Waals surface area contributed by atoms with Crippen LogP contribution in [0.5, 0.6) is 0 Å². The number of rotatable bonds is 4. The van der Waals surface area contributed by atoms with Gasteiger partial charge in [0, 0.05) is 19.2 Å². The Hall–Kier alpha value is -1.65. The molecule has 0 unspecified atom stereocenters. The number of amides is 1. The van der Waals surface area contributed by atoms with E-state index in [1.165, 1.54) is 6.20 Å². The highest BCUT2D eigenvalue weighted by molar-refractivity contribution is 5.96. The van der Waals surface area contributed by atoms with E-state index in [9.17, 15) is 9.59 Å². The standard InChI is InChI=1S/C10H15N3O2/c1-7(2)9(14)5-11-10(15)8-4-12-13(3)6-8/h4,6-7H,5H2,1-3H3,(H,11,15). The third-order valence-electron chi connectivity index (χ3n) is 2.03. The summed E-state index contributed by atoms with van der Waals surface area (Å²) in [7, 11) is 1.73. The number of hydrogen-bond donors (Lipinski definition) is 1. The minimum absolute atomic E-state index is 0.0206. The van der Waals surface area contributed by atoms with Crippen molar-refractivity contribution in [3.63, 3.8) is 0 Å². The average Bonchev–Trinajstić information content (AvgIpc) is 2.60. The molecule has 1 N–H and O–H groups in total. The normalized spacial score (nSPS) is 10.4. The van der Waals surface area contributed by atoms with Gasteiger partial charge in [-0.05, 0) is 0 Å². The highest BCUT2D eigenvalue weighted by Gasteiger charge is 2.11. The van der Waals surface area contributed by atoms with Crippen molar-refractivity contribution in [2.45, 2.75) is 13.8 Å². The van der Waals surface area contributed by atoms with Gasteiger partial charge in [-0.15, -0.1) is 0 Å². The summed E-state index contributed by atoms with van der Waals surface area (Å²) in [4.78, 5) is 22.7. The summed E-state index contributed by atoms with van der Waals surface area (Å²) >= 11 is 0. The molecular weight excluding hydrogens is 194 g/mol. The molecule has 1 aromatic rings. The van der Waals surface area contributed by atoms with Gasteiger partial charge >= 0.3 is 0 Å². The summed E-state index contributed by atoms with van der Waals surface area (Å²) in [6, 6.07) is 0. The zero-order valence-corrected chi connectivity index (χ0v) is 9.15. The first kappa shape index (κ1) is 11.4. The molecule has 0 aliphatic rings. The van der Waals surface area contributed by atoms with Crippen molar-refractivity contribution in [1.82, 2.24) is 15.1 Å². The molecule has 0 saturated carbocycles. The molecule has 5 nitrogen and oxygen atoms in total. The summed E-state index contributed by atoms with van der Waals surface area (Å²) < 4.78 is 1.54. The third kappa shape index (κ3) is 3.19. The van der Waals surface area contributed by atoms with Crippen molar-refractivity contribution in [3.05, 3.63) is 18.0 Å². The number of carbonyl (C=O) groups is 2. The molecule has 82 valence electrons. The molecule has 1 aromatic heterocycles. The van der Waals surface area contributed by atoms with Crippen LogP contribution in [0.2, 0.25) is 0 Å². The molecule has 0 bridgehead atoms. The van der Waals surface area contributed by atoms with E-state index in [-0.39, 0.29) is 24.2 Å². The van der Waals surface area contributed by atoms with Gasteiger partial charge in [0.1, 0.15) is 0 Å². The van der Waals surface area contributed by atoms with Crippen LogP contribution in [0.15, 0.2) is 12.4 Å². The van der Waals surface area contributed by atoms with Crippen molar-refractivity contribution >= 4 is 11.7 Å². The van der Waals surface area contributed by atoms with E-state index in [2.05, 4.69) is 10.4 Å². The van der Waals surface area contributed by atoms with E-state index in [1.807, 2.05) is 0 Å². The third-order valence-corrected chi connectivity index (χ3v) is 2.03. The molecule has 1 rings (SSSR count). The highest BCUT2D eigenvalue weighted by Crippen LogP contribution is 1.97. The lowest BCUT2D eigenvalue weighted by molar-refractivity contribution is -0.120. The van der Waals surface area contributed by atoms with Crippen molar-refractivity contribution in [2.75, 3.05) is 6.54 Å². The summed E-state index contributed by atoms with van der Waals surface area (Å²) in [6.07, 6.45) is 3.07. The zero-order chi connectivity index (χ0) is 11.4. The van der Waals surface area contributed by atoms with Crippen molar-refractivity contribution in [3.8, 4) is 0 Å². The van der Waals surface area contributed by atoms with Crippen LogP contribution in [0.25, 0.3) is 0 Å². The van der Waals surface area contributed by atoms with E-state index in [1.54, 1.807) is 31.8 Å². The second-order valence-corrected chi connectivity index (χ2v) is 3.71. The summed E-state index contributed by atoms with van der Waals surface area (Å²) in [5.41, 5.74) is 0.467. The summed E-state index contributed by atoms with van der Waals surface area (Å²) in [5.74, 6) is -0.302. The number of Topliss-reactive ketones (excluding diaryl/α,β-unsaturated/α-hetero) is 1. The number of ketones is 1. The molecule has 0 aliphatic carbocycles. The quantitative estimate of drug-likeness (QED) is 0.779. The number of aryl methyl sites for hydroxylation is 1. The summed E-state index contributed by atoms with van der Waals surface area (Å²) in [5, 5.41) is 6.42. The molecule has 0 aliphatic heterocycles. The van der Waals surface area contributed by atoms with E-state index in [4.69, 9.17) is 0 Å². The Kier molecular flexibility index (Phi) is 3.60. The van der Waals surface area contributed by atoms with Crippen molar-refractivity contribution in [2.24, 2.45) is 13.0 Å². The fourth-order valence-electron chi connectivity index (χ4n) is 1.01. The molecular formula is C10H15N3O2. The minimum Gasteiger partial charge on any atom is -0.345 e. The van der Waals surface area contributed by atoms with Gasteiger partial charge in [-0.25, -0.2) is 0 Å². The van der Waals surface area contributed by atoms with Gasteiger partial charge < -0.3 is 5.32 Å². The molecule has 0 saturated heterocycles. The Bertz CT molecular complexity index is 368. The Morgan fingerprint density at radius 2 is 2.20 bits per heavy atom. The predicted molar refractivity (Wildman–Crippen MR) is 55.4 cm³/mol. The lowest BCUT2D eigenvalue weighted by atomic mass is 10.1. The molecule has 0 aromatic carbocycles. The molecule has 5 heteroatoms. The van der Waals surface area contributed by atoms with Crippen LogP contribution in [0, 0.1) is 5.92 Å². The maximum Gasteiger partial charge on any atom is 0.254 e. The molecule has 0 radical (unpaired) electrons. The number of carbonyl (C=O) groups excluding carboxylic acids is 2. The molecule has 0 atom stereocenters. The second-order valence-electron chi connectivity index (χ2n) is 3.71. The van der Waals surface area contributed by atoms with E-state index in [0.717, 1.165) is 0 Å². The molecule has 15 heavy (non-hydrogen) atoms. The summed E-state index contributed by atoms with van der Waals surface area (Å²) in [6.45, 7) is 3.68. The number of hydrogen-bond acceptors (Lipinski definition) is 3. The average molecular weight is 209 g/mol. The zero-order valence-electron chi connectivity index (χ0n) is 9.15. The molecule has 0 fully saturated rings. The van der Waals surface area contributed by atoms with Crippen LogP contribution in [0.4, 0.5) is 0 Å². The van der Waals surface area contributed by atoms with Gasteiger partial charge in [0.2, 0.25) is 0 Å². The molecule has 1 amide bonds. The fourth-order valence-corrected chi connectivity index (χ4v) is 1.01. The SMILES string of the molecule is CC(C)C(=O)CNC(=O)c1cnn(C)c1. The minimum atomic E-state index is -0.267. The van der Waals surface area contributed by atoms with E-state index < -0.39 is 0 Å².